The summed E-state index contributed by atoms with van der Waals surface area (Å²) in [5.41, 5.74) is 4.72. The Morgan fingerprint density at radius 3 is 2.32 bits per heavy atom. The molecule has 2 aromatic carbocycles. The SMILES string of the molecule is Oc1ccc(-c2cnc3cnc(-c4ccccc4)cn23)cc1. The second-order valence-corrected chi connectivity index (χ2v) is 5.06. The maximum absolute atomic E-state index is 9.43. The molecule has 0 amide bonds. The van der Waals surface area contributed by atoms with E-state index in [0.717, 1.165) is 28.2 Å². The van der Waals surface area contributed by atoms with Gasteiger partial charge in [0.05, 0.1) is 23.8 Å². The lowest BCUT2D eigenvalue weighted by Crippen LogP contribution is -1.92. The van der Waals surface area contributed by atoms with E-state index in [9.17, 15) is 5.11 Å². The Kier molecular flexibility index (Phi) is 2.86. The van der Waals surface area contributed by atoms with Crippen LogP contribution in [0.4, 0.5) is 0 Å². The third-order valence-corrected chi connectivity index (χ3v) is 3.63. The molecule has 0 bridgehead atoms. The lowest BCUT2D eigenvalue weighted by atomic mass is 10.1. The Balaban J connectivity index is 1.88. The van der Waals surface area contributed by atoms with Gasteiger partial charge in [0.25, 0.3) is 0 Å². The van der Waals surface area contributed by atoms with Crippen LogP contribution in [0.25, 0.3) is 28.2 Å². The molecule has 1 N–H and O–H groups in total. The molecule has 2 aromatic heterocycles. The number of imidazole rings is 1. The normalized spacial score (nSPS) is 10.9. The Hall–Kier alpha value is -3.14. The van der Waals surface area contributed by atoms with Crippen LogP contribution in [0.2, 0.25) is 0 Å². The van der Waals surface area contributed by atoms with E-state index in [2.05, 4.69) is 9.97 Å². The highest BCUT2D eigenvalue weighted by Gasteiger charge is 2.08. The zero-order valence-electron chi connectivity index (χ0n) is 11.7. The number of aromatic hydroxyl groups is 1. The van der Waals surface area contributed by atoms with Gasteiger partial charge < -0.3 is 5.11 Å². The average Bonchev–Trinajstić information content (AvgIpc) is 2.99. The first-order valence-electron chi connectivity index (χ1n) is 6.99. The summed E-state index contributed by atoms with van der Waals surface area (Å²) in [6.07, 6.45) is 5.57. The van der Waals surface area contributed by atoms with Crippen LogP contribution in [0.3, 0.4) is 0 Å². The second kappa shape index (κ2) is 5.00. The first kappa shape index (κ1) is 12.6. The third-order valence-electron chi connectivity index (χ3n) is 3.63. The van der Waals surface area contributed by atoms with E-state index in [0.29, 0.717) is 0 Å². The van der Waals surface area contributed by atoms with E-state index in [1.54, 1.807) is 18.3 Å². The molecule has 2 heterocycles. The largest absolute Gasteiger partial charge is 0.508 e. The van der Waals surface area contributed by atoms with Crippen LogP contribution in [0, 0.1) is 0 Å². The van der Waals surface area contributed by atoms with Gasteiger partial charge >= 0.3 is 0 Å². The smallest absolute Gasteiger partial charge is 0.155 e. The molecule has 106 valence electrons. The van der Waals surface area contributed by atoms with Crippen LogP contribution < -0.4 is 0 Å². The predicted octanol–water partition coefficient (Wildman–Crippen LogP) is 3.77. The summed E-state index contributed by atoms with van der Waals surface area (Å²) in [5.74, 6) is 0.254. The number of rotatable bonds is 2. The number of hydrogen-bond donors (Lipinski definition) is 1. The van der Waals surface area contributed by atoms with E-state index in [1.165, 1.54) is 0 Å². The average molecular weight is 287 g/mol. The van der Waals surface area contributed by atoms with Crippen LogP contribution in [-0.4, -0.2) is 19.5 Å². The van der Waals surface area contributed by atoms with Gasteiger partial charge in [-0.25, -0.2) is 4.98 Å². The van der Waals surface area contributed by atoms with Crippen molar-refractivity contribution in [3.8, 4) is 28.3 Å². The van der Waals surface area contributed by atoms with E-state index >= 15 is 0 Å². The highest BCUT2D eigenvalue weighted by Crippen LogP contribution is 2.24. The molecule has 0 aliphatic heterocycles. The monoisotopic (exact) mass is 287 g/mol. The molecule has 4 heteroatoms. The highest BCUT2D eigenvalue weighted by atomic mass is 16.3. The Morgan fingerprint density at radius 1 is 0.773 bits per heavy atom. The molecular weight excluding hydrogens is 274 g/mol. The topological polar surface area (TPSA) is 50.4 Å². The van der Waals surface area contributed by atoms with Crippen molar-refractivity contribution in [3.05, 3.63) is 73.2 Å². The van der Waals surface area contributed by atoms with Gasteiger partial charge in [0.1, 0.15) is 5.75 Å². The predicted molar refractivity (Wildman–Crippen MR) is 85.5 cm³/mol. The highest BCUT2D eigenvalue weighted by molar-refractivity contribution is 5.66. The molecule has 0 spiro atoms. The molecular formula is C18H13N3O. The second-order valence-electron chi connectivity index (χ2n) is 5.06. The van der Waals surface area contributed by atoms with Crippen molar-refractivity contribution < 1.29 is 5.11 Å². The summed E-state index contributed by atoms with van der Waals surface area (Å²) in [5, 5.41) is 9.43. The van der Waals surface area contributed by atoms with Crippen LogP contribution in [0.5, 0.6) is 5.75 Å². The van der Waals surface area contributed by atoms with Crippen molar-refractivity contribution >= 4 is 5.65 Å². The summed E-state index contributed by atoms with van der Waals surface area (Å²) in [6, 6.07) is 17.1. The molecule has 0 saturated carbocycles. The fourth-order valence-electron chi connectivity index (χ4n) is 2.49. The Morgan fingerprint density at radius 2 is 1.55 bits per heavy atom. The third kappa shape index (κ3) is 2.11. The molecule has 0 saturated heterocycles. The summed E-state index contributed by atoms with van der Waals surface area (Å²) in [6.45, 7) is 0. The summed E-state index contributed by atoms with van der Waals surface area (Å²) >= 11 is 0. The van der Waals surface area contributed by atoms with E-state index in [1.807, 2.05) is 59.3 Å². The van der Waals surface area contributed by atoms with Gasteiger partial charge in [-0.2, -0.15) is 0 Å². The molecule has 0 aliphatic rings. The maximum Gasteiger partial charge on any atom is 0.155 e. The van der Waals surface area contributed by atoms with Crippen molar-refractivity contribution in [1.82, 2.24) is 14.4 Å². The van der Waals surface area contributed by atoms with Crippen molar-refractivity contribution in [1.29, 1.82) is 0 Å². The molecule has 0 fully saturated rings. The number of phenols is 1. The van der Waals surface area contributed by atoms with Crippen LogP contribution in [0.15, 0.2) is 73.2 Å². The Bertz CT molecular complexity index is 928. The molecule has 0 unspecified atom stereocenters. The minimum atomic E-state index is 0.254. The van der Waals surface area contributed by atoms with Gasteiger partial charge in [0.2, 0.25) is 0 Å². The zero-order chi connectivity index (χ0) is 14.9. The lowest BCUT2D eigenvalue weighted by molar-refractivity contribution is 0.475. The van der Waals surface area contributed by atoms with E-state index in [-0.39, 0.29) is 5.75 Å². The van der Waals surface area contributed by atoms with Crippen molar-refractivity contribution in [2.24, 2.45) is 0 Å². The van der Waals surface area contributed by atoms with Crippen molar-refractivity contribution in [3.63, 3.8) is 0 Å². The molecule has 0 aliphatic carbocycles. The quantitative estimate of drug-likeness (QED) is 0.610. The Labute approximate surface area is 127 Å². The first-order chi connectivity index (χ1) is 10.8. The van der Waals surface area contributed by atoms with E-state index in [4.69, 9.17) is 0 Å². The number of phenolic OH excluding ortho intramolecular Hbond substituents is 1. The first-order valence-corrected chi connectivity index (χ1v) is 6.99. The standard InChI is InChI=1S/C18H13N3O/c22-15-8-6-14(7-9-15)17-10-20-18-11-19-16(12-21(17)18)13-4-2-1-3-5-13/h1-12,22H. The van der Waals surface area contributed by atoms with Gasteiger partial charge in [-0.3, -0.25) is 9.38 Å². The number of hydrogen-bond acceptors (Lipinski definition) is 3. The van der Waals surface area contributed by atoms with Gasteiger partial charge in [-0.05, 0) is 24.3 Å². The van der Waals surface area contributed by atoms with Gasteiger partial charge in [0.15, 0.2) is 5.65 Å². The number of benzene rings is 2. The summed E-state index contributed by atoms with van der Waals surface area (Å²) in [4.78, 5) is 8.87. The maximum atomic E-state index is 9.43. The number of aromatic nitrogens is 3. The molecule has 22 heavy (non-hydrogen) atoms. The minimum absolute atomic E-state index is 0.254. The van der Waals surface area contributed by atoms with Crippen molar-refractivity contribution in [2.75, 3.05) is 0 Å². The summed E-state index contributed by atoms with van der Waals surface area (Å²) < 4.78 is 2.02. The van der Waals surface area contributed by atoms with Gasteiger partial charge in [-0.15, -0.1) is 0 Å². The molecule has 4 aromatic rings. The summed E-state index contributed by atoms with van der Waals surface area (Å²) in [7, 11) is 0. The zero-order valence-corrected chi connectivity index (χ0v) is 11.7. The fraction of sp³-hybridized carbons (Fsp3) is 0. The van der Waals surface area contributed by atoms with Crippen LogP contribution in [0.1, 0.15) is 0 Å². The number of fused-ring (bicyclic) bond motifs is 1. The van der Waals surface area contributed by atoms with Crippen LogP contribution in [-0.2, 0) is 0 Å². The van der Waals surface area contributed by atoms with Crippen molar-refractivity contribution in [2.45, 2.75) is 0 Å². The molecule has 0 atom stereocenters. The molecule has 4 nitrogen and oxygen atoms in total. The van der Waals surface area contributed by atoms with E-state index < -0.39 is 0 Å². The van der Waals surface area contributed by atoms with Gasteiger partial charge in [0, 0.05) is 17.3 Å². The fourth-order valence-corrected chi connectivity index (χ4v) is 2.49. The lowest BCUT2D eigenvalue weighted by Gasteiger charge is -2.05. The van der Waals surface area contributed by atoms with Crippen LogP contribution >= 0.6 is 0 Å². The molecule has 0 radical (unpaired) electrons. The van der Waals surface area contributed by atoms with Gasteiger partial charge in [-0.1, -0.05) is 30.3 Å². The molecule has 4 rings (SSSR count). The minimum Gasteiger partial charge on any atom is -0.508 e. The number of nitrogens with zero attached hydrogens (tertiary/aromatic N) is 3.